The van der Waals surface area contributed by atoms with Crippen molar-refractivity contribution in [1.29, 1.82) is 0 Å². The lowest BCUT2D eigenvalue weighted by molar-refractivity contribution is 0.130. The Kier molecular flexibility index (Phi) is 3.34. The van der Waals surface area contributed by atoms with Gasteiger partial charge in [-0.3, -0.25) is 4.98 Å². The van der Waals surface area contributed by atoms with Gasteiger partial charge in [0.05, 0.1) is 0 Å². The largest absolute Gasteiger partial charge is 0.396 e. The fourth-order valence-corrected chi connectivity index (χ4v) is 2.12. The van der Waals surface area contributed by atoms with Crippen LogP contribution < -0.4 is 5.32 Å². The summed E-state index contributed by atoms with van der Waals surface area (Å²) in [6.45, 7) is 1.13. The quantitative estimate of drug-likeness (QED) is 0.767. The van der Waals surface area contributed by atoms with Crippen molar-refractivity contribution < 1.29 is 5.11 Å². The number of hydrogen-bond acceptors (Lipinski definition) is 3. The van der Waals surface area contributed by atoms with Gasteiger partial charge in [0.2, 0.25) is 0 Å². The molecule has 15 heavy (non-hydrogen) atoms. The molecule has 1 aliphatic carbocycles. The van der Waals surface area contributed by atoms with Crippen molar-refractivity contribution in [3.63, 3.8) is 0 Å². The third kappa shape index (κ3) is 2.55. The van der Waals surface area contributed by atoms with E-state index in [9.17, 15) is 0 Å². The summed E-state index contributed by atoms with van der Waals surface area (Å²) >= 11 is 0. The summed E-state index contributed by atoms with van der Waals surface area (Å²) in [4.78, 5) is 4.09. The minimum Gasteiger partial charge on any atom is -0.396 e. The Morgan fingerprint density at radius 2 is 2.33 bits per heavy atom. The van der Waals surface area contributed by atoms with Gasteiger partial charge >= 0.3 is 0 Å². The Balaban J connectivity index is 1.86. The average molecular weight is 206 g/mol. The molecule has 3 nitrogen and oxygen atoms in total. The molecular formula is C12H18N2O. The van der Waals surface area contributed by atoms with Crippen molar-refractivity contribution in [2.24, 2.45) is 0 Å². The van der Waals surface area contributed by atoms with Crippen molar-refractivity contribution >= 4 is 0 Å². The summed E-state index contributed by atoms with van der Waals surface area (Å²) in [6, 6.07) is 4.03. The first kappa shape index (κ1) is 10.6. The predicted molar refractivity (Wildman–Crippen MR) is 59.4 cm³/mol. The molecule has 0 aromatic carbocycles. The van der Waals surface area contributed by atoms with E-state index in [0.29, 0.717) is 0 Å². The van der Waals surface area contributed by atoms with E-state index in [1.54, 1.807) is 6.20 Å². The minimum atomic E-state index is 0.199. The SMILES string of the molecule is OCCC1(NCc2cccnc2)CCC1. The summed E-state index contributed by atoms with van der Waals surface area (Å²) in [5.41, 5.74) is 1.41. The topological polar surface area (TPSA) is 45.1 Å². The molecule has 0 amide bonds. The molecule has 0 spiro atoms. The van der Waals surface area contributed by atoms with Crippen molar-refractivity contribution in [1.82, 2.24) is 10.3 Å². The molecule has 82 valence electrons. The second-order valence-corrected chi connectivity index (χ2v) is 4.32. The van der Waals surface area contributed by atoms with Gasteiger partial charge in [-0.15, -0.1) is 0 Å². The Morgan fingerprint density at radius 1 is 1.47 bits per heavy atom. The number of aliphatic hydroxyl groups is 1. The predicted octanol–water partition coefficient (Wildman–Crippen LogP) is 1.48. The van der Waals surface area contributed by atoms with Gasteiger partial charge in [-0.25, -0.2) is 0 Å². The molecule has 0 bridgehead atoms. The van der Waals surface area contributed by atoms with Crippen molar-refractivity contribution in [3.8, 4) is 0 Å². The van der Waals surface area contributed by atoms with E-state index in [1.807, 2.05) is 12.3 Å². The highest BCUT2D eigenvalue weighted by Gasteiger charge is 2.35. The molecular weight excluding hydrogens is 188 g/mol. The summed E-state index contributed by atoms with van der Waals surface area (Å²) in [7, 11) is 0. The Labute approximate surface area is 90.5 Å². The fraction of sp³-hybridized carbons (Fsp3) is 0.583. The first-order valence-corrected chi connectivity index (χ1v) is 5.59. The molecule has 0 radical (unpaired) electrons. The van der Waals surface area contributed by atoms with Crippen molar-refractivity contribution in [3.05, 3.63) is 30.1 Å². The van der Waals surface area contributed by atoms with Gasteiger partial charge in [0.25, 0.3) is 0 Å². The normalized spacial score (nSPS) is 18.5. The van der Waals surface area contributed by atoms with Crippen LogP contribution in [-0.2, 0) is 6.54 Å². The standard InChI is InChI=1S/C12H18N2O/c15-8-6-12(4-2-5-12)14-10-11-3-1-7-13-9-11/h1,3,7,9,14-15H,2,4-6,8,10H2. The number of nitrogens with zero attached hydrogens (tertiary/aromatic N) is 1. The number of aromatic nitrogens is 1. The minimum absolute atomic E-state index is 0.199. The Morgan fingerprint density at radius 3 is 2.87 bits per heavy atom. The van der Waals surface area contributed by atoms with Crippen LogP contribution in [0, 0.1) is 0 Å². The van der Waals surface area contributed by atoms with E-state index in [-0.39, 0.29) is 12.1 Å². The van der Waals surface area contributed by atoms with E-state index in [0.717, 1.165) is 13.0 Å². The maximum Gasteiger partial charge on any atom is 0.0448 e. The third-order valence-electron chi connectivity index (χ3n) is 3.29. The molecule has 2 N–H and O–H groups in total. The molecule has 1 aliphatic rings. The van der Waals surface area contributed by atoms with Gasteiger partial charge in [-0.05, 0) is 37.3 Å². The molecule has 2 rings (SSSR count). The van der Waals surface area contributed by atoms with E-state index in [2.05, 4.69) is 16.4 Å². The molecule has 1 heterocycles. The van der Waals surface area contributed by atoms with Gasteiger partial charge in [0.1, 0.15) is 0 Å². The van der Waals surface area contributed by atoms with Crippen LogP contribution in [0.15, 0.2) is 24.5 Å². The zero-order chi connectivity index (χ0) is 10.6. The van der Waals surface area contributed by atoms with Gasteiger partial charge in [0.15, 0.2) is 0 Å². The van der Waals surface area contributed by atoms with Crippen LogP contribution in [0.1, 0.15) is 31.2 Å². The van der Waals surface area contributed by atoms with Gasteiger partial charge < -0.3 is 10.4 Å². The van der Waals surface area contributed by atoms with Crippen LogP contribution in [-0.4, -0.2) is 22.2 Å². The lowest BCUT2D eigenvalue weighted by Crippen LogP contribution is -2.51. The molecule has 0 unspecified atom stereocenters. The van der Waals surface area contributed by atoms with Gasteiger partial charge in [0, 0.05) is 31.1 Å². The molecule has 1 aromatic rings. The summed E-state index contributed by atoms with van der Waals surface area (Å²) < 4.78 is 0. The molecule has 1 aromatic heterocycles. The number of nitrogens with one attached hydrogen (secondary N) is 1. The first-order valence-electron chi connectivity index (χ1n) is 5.59. The number of aliphatic hydroxyl groups excluding tert-OH is 1. The Bertz CT molecular complexity index is 296. The summed E-state index contributed by atoms with van der Waals surface area (Å²) in [6.07, 6.45) is 8.20. The zero-order valence-corrected chi connectivity index (χ0v) is 8.95. The summed E-state index contributed by atoms with van der Waals surface area (Å²) in [5.74, 6) is 0. The molecule has 0 aliphatic heterocycles. The smallest absolute Gasteiger partial charge is 0.0448 e. The monoisotopic (exact) mass is 206 g/mol. The number of pyridine rings is 1. The van der Waals surface area contributed by atoms with Crippen LogP contribution >= 0.6 is 0 Å². The second kappa shape index (κ2) is 4.73. The number of hydrogen-bond donors (Lipinski definition) is 2. The first-order chi connectivity index (χ1) is 7.35. The van der Waals surface area contributed by atoms with Crippen LogP contribution in [0.3, 0.4) is 0 Å². The molecule has 3 heteroatoms. The van der Waals surface area contributed by atoms with E-state index >= 15 is 0 Å². The van der Waals surface area contributed by atoms with Crippen LogP contribution in [0.2, 0.25) is 0 Å². The maximum absolute atomic E-state index is 9.01. The summed E-state index contributed by atoms with van der Waals surface area (Å²) in [5, 5.41) is 12.6. The van der Waals surface area contributed by atoms with Gasteiger partial charge in [-0.2, -0.15) is 0 Å². The third-order valence-corrected chi connectivity index (χ3v) is 3.29. The van der Waals surface area contributed by atoms with Crippen molar-refractivity contribution in [2.75, 3.05) is 6.61 Å². The molecule has 1 fully saturated rings. The van der Waals surface area contributed by atoms with Gasteiger partial charge in [-0.1, -0.05) is 6.07 Å². The highest BCUT2D eigenvalue weighted by molar-refractivity contribution is 5.09. The van der Waals surface area contributed by atoms with Crippen LogP contribution in [0.4, 0.5) is 0 Å². The average Bonchev–Trinajstić information content (AvgIpc) is 2.23. The highest BCUT2D eigenvalue weighted by atomic mass is 16.3. The highest BCUT2D eigenvalue weighted by Crippen LogP contribution is 2.34. The van der Waals surface area contributed by atoms with Crippen LogP contribution in [0.25, 0.3) is 0 Å². The lowest BCUT2D eigenvalue weighted by atomic mass is 9.74. The second-order valence-electron chi connectivity index (χ2n) is 4.32. The van der Waals surface area contributed by atoms with Crippen molar-refractivity contribution in [2.45, 2.75) is 37.8 Å². The number of rotatable bonds is 5. The Hall–Kier alpha value is -0.930. The van der Waals surface area contributed by atoms with E-state index in [1.165, 1.54) is 24.8 Å². The molecule has 1 saturated carbocycles. The fourth-order valence-electron chi connectivity index (χ4n) is 2.12. The van der Waals surface area contributed by atoms with E-state index < -0.39 is 0 Å². The molecule has 0 atom stereocenters. The van der Waals surface area contributed by atoms with E-state index in [4.69, 9.17) is 5.11 Å². The zero-order valence-electron chi connectivity index (χ0n) is 8.95. The molecule has 0 saturated heterocycles. The maximum atomic E-state index is 9.01. The van der Waals surface area contributed by atoms with Crippen LogP contribution in [0.5, 0.6) is 0 Å². The lowest BCUT2D eigenvalue weighted by Gasteiger charge is -2.42.